The second-order valence-corrected chi connectivity index (χ2v) is 7.97. The predicted octanol–water partition coefficient (Wildman–Crippen LogP) is 4.14. The van der Waals surface area contributed by atoms with Crippen molar-refractivity contribution in [1.82, 2.24) is 0 Å². The third kappa shape index (κ3) is 3.47. The van der Waals surface area contributed by atoms with E-state index in [1.54, 1.807) is 0 Å². The van der Waals surface area contributed by atoms with Crippen LogP contribution in [0.2, 0.25) is 0 Å². The number of hydrogen-bond donors (Lipinski definition) is 0. The zero-order valence-corrected chi connectivity index (χ0v) is 15.5. The Morgan fingerprint density at radius 1 is 0.917 bits per heavy atom. The van der Waals surface area contributed by atoms with E-state index in [1.807, 2.05) is 0 Å². The molecule has 3 rings (SSSR count). The molecular formula is C20H28N2O2. The van der Waals surface area contributed by atoms with Gasteiger partial charge in [-0.05, 0) is 58.2 Å². The van der Waals surface area contributed by atoms with Gasteiger partial charge in [-0.25, -0.2) is 9.98 Å². The van der Waals surface area contributed by atoms with Gasteiger partial charge in [-0.3, -0.25) is 0 Å². The highest BCUT2D eigenvalue weighted by Gasteiger charge is 2.31. The Bertz CT molecular complexity index is 635. The van der Waals surface area contributed by atoms with Crippen molar-refractivity contribution in [2.75, 3.05) is 13.2 Å². The minimum absolute atomic E-state index is 0.156. The molecule has 0 saturated carbocycles. The first-order chi connectivity index (χ1) is 11.3. The Morgan fingerprint density at radius 3 is 1.79 bits per heavy atom. The minimum atomic E-state index is -0.156. The van der Waals surface area contributed by atoms with Gasteiger partial charge in [-0.2, -0.15) is 0 Å². The summed E-state index contributed by atoms with van der Waals surface area (Å²) >= 11 is 0. The van der Waals surface area contributed by atoms with Gasteiger partial charge in [-0.15, -0.1) is 0 Å². The van der Waals surface area contributed by atoms with Gasteiger partial charge in [0.15, 0.2) is 0 Å². The number of ether oxygens (including phenoxy) is 2. The lowest BCUT2D eigenvalue weighted by molar-refractivity contribution is 0.278. The molecule has 1 aromatic carbocycles. The first-order valence-corrected chi connectivity index (χ1v) is 8.89. The number of rotatable bonds is 5. The lowest BCUT2D eigenvalue weighted by atomic mass is 9.95. The van der Waals surface area contributed by atoms with Crippen LogP contribution in [0.1, 0.15) is 64.2 Å². The fraction of sp³-hybridized carbons (Fsp3) is 0.600. The zero-order chi connectivity index (χ0) is 17.4. The smallest absolute Gasteiger partial charge is 0.217 e. The van der Waals surface area contributed by atoms with Crippen LogP contribution >= 0.6 is 0 Å². The van der Waals surface area contributed by atoms with Gasteiger partial charge < -0.3 is 9.47 Å². The van der Waals surface area contributed by atoms with Crippen molar-refractivity contribution in [3.63, 3.8) is 0 Å². The number of unbranched alkanes of at least 4 members (excludes halogenated alkanes) is 1. The molecule has 1 aromatic rings. The average molecular weight is 328 g/mol. The maximum absolute atomic E-state index is 5.90. The van der Waals surface area contributed by atoms with Crippen LogP contribution in [0.5, 0.6) is 0 Å². The zero-order valence-electron chi connectivity index (χ0n) is 15.5. The Balaban J connectivity index is 2.06. The van der Waals surface area contributed by atoms with Crippen LogP contribution in [-0.4, -0.2) is 36.1 Å². The normalized spacial score (nSPS) is 21.0. The van der Waals surface area contributed by atoms with Crippen LogP contribution in [-0.2, 0) is 15.9 Å². The van der Waals surface area contributed by atoms with Crippen LogP contribution in [0.4, 0.5) is 0 Å². The summed E-state index contributed by atoms with van der Waals surface area (Å²) < 4.78 is 11.8. The first-order valence-electron chi connectivity index (χ1n) is 8.89. The standard InChI is InChI=1S/C20H28N2O2/c1-6-7-9-14-15(17-21-19(2,3)12-23-17)10-8-11-16(14)18-22-20(4,5)13-24-18/h8,10-11H,6-7,9,12-13H2,1-5H3. The van der Waals surface area contributed by atoms with Crippen LogP contribution in [0.3, 0.4) is 0 Å². The maximum atomic E-state index is 5.90. The molecule has 0 saturated heterocycles. The lowest BCUT2D eigenvalue weighted by Gasteiger charge is -2.14. The average Bonchev–Trinajstić information content (AvgIpc) is 3.06. The number of aliphatic imine (C=N–C) groups is 2. The van der Waals surface area contributed by atoms with Gasteiger partial charge in [0, 0.05) is 11.1 Å². The third-order valence-electron chi connectivity index (χ3n) is 4.35. The van der Waals surface area contributed by atoms with E-state index < -0.39 is 0 Å². The van der Waals surface area contributed by atoms with Crippen molar-refractivity contribution in [2.24, 2.45) is 9.98 Å². The van der Waals surface area contributed by atoms with Gasteiger partial charge in [0.05, 0.1) is 11.1 Å². The number of nitrogens with zero attached hydrogens (tertiary/aromatic N) is 2. The third-order valence-corrected chi connectivity index (χ3v) is 4.35. The van der Waals surface area contributed by atoms with E-state index in [4.69, 9.17) is 19.5 Å². The molecule has 0 aromatic heterocycles. The monoisotopic (exact) mass is 328 g/mol. The fourth-order valence-electron chi connectivity index (χ4n) is 3.06. The molecule has 0 radical (unpaired) electrons. The van der Waals surface area contributed by atoms with E-state index in [1.165, 1.54) is 5.56 Å². The second kappa shape index (κ2) is 6.23. The van der Waals surface area contributed by atoms with Gasteiger partial charge in [-0.1, -0.05) is 19.4 Å². The van der Waals surface area contributed by atoms with Gasteiger partial charge in [0.25, 0.3) is 0 Å². The van der Waals surface area contributed by atoms with E-state index in [2.05, 4.69) is 52.8 Å². The topological polar surface area (TPSA) is 43.2 Å². The Labute approximate surface area is 145 Å². The van der Waals surface area contributed by atoms with Crippen molar-refractivity contribution in [3.8, 4) is 0 Å². The largest absolute Gasteiger partial charge is 0.475 e. The summed E-state index contributed by atoms with van der Waals surface area (Å²) in [6.07, 6.45) is 3.25. The SMILES string of the molecule is CCCCc1c(C2=NC(C)(C)CO2)cccc1C1=NC(C)(C)CO1. The summed E-state index contributed by atoms with van der Waals surface area (Å²) in [5.41, 5.74) is 3.10. The second-order valence-electron chi connectivity index (χ2n) is 7.97. The molecule has 0 atom stereocenters. The van der Waals surface area contributed by atoms with E-state index in [0.29, 0.717) is 13.2 Å². The highest BCUT2D eigenvalue weighted by molar-refractivity contribution is 6.03. The molecular weight excluding hydrogens is 300 g/mol. The fourth-order valence-corrected chi connectivity index (χ4v) is 3.06. The van der Waals surface area contributed by atoms with E-state index in [-0.39, 0.29) is 11.1 Å². The molecule has 130 valence electrons. The van der Waals surface area contributed by atoms with E-state index >= 15 is 0 Å². The molecule has 2 heterocycles. The number of hydrogen-bond acceptors (Lipinski definition) is 4. The molecule has 0 bridgehead atoms. The van der Waals surface area contributed by atoms with Crippen molar-refractivity contribution in [3.05, 3.63) is 34.9 Å². The highest BCUT2D eigenvalue weighted by atomic mass is 16.5. The van der Waals surface area contributed by atoms with E-state index in [9.17, 15) is 0 Å². The highest BCUT2D eigenvalue weighted by Crippen LogP contribution is 2.28. The molecule has 0 amide bonds. The molecule has 0 aliphatic carbocycles. The molecule has 24 heavy (non-hydrogen) atoms. The summed E-state index contributed by atoms with van der Waals surface area (Å²) in [5.74, 6) is 1.51. The molecule has 0 N–H and O–H groups in total. The molecule has 0 spiro atoms. The van der Waals surface area contributed by atoms with Crippen LogP contribution in [0.15, 0.2) is 28.2 Å². The Morgan fingerprint density at radius 2 is 1.42 bits per heavy atom. The summed E-state index contributed by atoms with van der Waals surface area (Å²) in [6, 6.07) is 6.26. The molecule has 0 unspecified atom stereocenters. The minimum Gasteiger partial charge on any atom is -0.475 e. The van der Waals surface area contributed by atoms with Crippen LogP contribution in [0.25, 0.3) is 0 Å². The predicted molar refractivity (Wildman–Crippen MR) is 98.2 cm³/mol. The molecule has 2 aliphatic heterocycles. The summed E-state index contributed by atoms with van der Waals surface area (Å²) in [6.45, 7) is 11.9. The quantitative estimate of drug-likeness (QED) is 0.815. The van der Waals surface area contributed by atoms with Crippen molar-refractivity contribution in [2.45, 2.75) is 65.0 Å². The lowest BCUT2D eigenvalue weighted by Crippen LogP contribution is -2.17. The summed E-state index contributed by atoms with van der Waals surface area (Å²) in [5, 5.41) is 0. The van der Waals surface area contributed by atoms with Crippen molar-refractivity contribution in [1.29, 1.82) is 0 Å². The summed E-state index contributed by atoms with van der Waals surface area (Å²) in [4.78, 5) is 9.54. The Kier molecular flexibility index (Phi) is 4.41. The van der Waals surface area contributed by atoms with Crippen LogP contribution in [0, 0.1) is 0 Å². The Hall–Kier alpha value is -1.84. The number of benzene rings is 1. The maximum Gasteiger partial charge on any atom is 0.217 e. The van der Waals surface area contributed by atoms with Gasteiger partial charge in [0.1, 0.15) is 13.2 Å². The van der Waals surface area contributed by atoms with E-state index in [0.717, 1.165) is 42.2 Å². The van der Waals surface area contributed by atoms with Crippen molar-refractivity contribution >= 4 is 11.8 Å². The first kappa shape index (κ1) is 17.0. The van der Waals surface area contributed by atoms with Gasteiger partial charge in [0.2, 0.25) is 11.8 Å². The van der Waals surface area contributed by atoms with Gasteiger partial charge >= 0.3 is 0 Å². The summed E-state index contributed by atoms with van der Waals surface area (Å²) in [7, 11) is 0. The van der Waals surface area contributed by atoms with Crippen LogP contribution < -0.4 is 0 Å². The molecule has 4 nitrogen and oxygen atoms in total. The molecule has 0 fully saturated rings. The van der Waals surface area contributed by atoms with Crippen molar-refractivity contribution < 1.29 is 9.47 Å². The molecule has 4 heteroatoms. The molecule has 2 aliphatic rings.